The highest BCUT2D eigenvalue weighted by Gasteiger charge is 2.33. The maximum Gasteiger partial charge on any atom is 0.417 e. The predicted molar refractivity (Wildman–Crippen MR) is 140 cm³/mol. The Balaban J connectivity index is 1.34. The predicted octanol–water partition coefficient (Wildman–Crippen LogP) is 7.82. The molecule has 0 unspecified atom stereocenters. The van der Waals surface area contributed by atoms with E-state index >= 15 is 0 Å². The van der Waals surface area contributed by atoms with Crippen LogP contribution in [0.25, 0.3) is 11.5 Å². The minimum atomic E-state index is -4.59. The summed E-state index contributed by atoms with van der Waals surface area (Å²) in [6.07, 6.45) is 2.91. The van der Waals surface area contributed by atoms with Gasteiger partial charge in [-0.2, -0.15) is 13.2 Å². The smallest absolute Gasteiger partial charge is 0.343 e. The van der Waals surface area contributed by atoms with E-state index in [0.29, 0.717) is 18.7 Å². The summed E-state index contributed by atoms with van der Waals surface area (Å²) in [5.74, 6) is 0.374. The largest absolute Gasteiger partial charge is 0.417 e. The van der Waals surface area contributed by atoms with Gasteiger partial charge in [-0.3, -0.25) is 9.78 Å². The van der Waals surface area contributed by atoms with Crippen LogP contribution in [-0.2, 0) is 23.8 Å². The highest BCUT2D eigenvalue weighted by atomic mass is 35.5. The Labute approximate surface area is 221 Å². The Morgan fingerprint density at radius 1 is 1.03 bits per heavy atom. The highest BCUT2D eigenvalue weighted by molar-refractivity contribution is 7.99. The number of hydrogen-bond acceptors (Lipinski definition) is 4. The van der Waals surface area contributed by atoms with E-state index in [9.17, 15) is 18.0 Å². The van der Waals surface area contributed by atoms with Crippen LogP contribution in [0.3, 0.4) is 0 Å². The van der Waals surface area contributed by atoms with Crippen molar-refractivity contribution in [2.24, 2.45) is 0 Å². The third-order valence-corrected chi connectivity index (χ3v) is 6.98. The Kier molecular flexibility index (Phi) is 8.56. The van der Waals surface area contributed by atoms with Gasteiger partial charge in [0.15, 0.2) is 5.82 Å². The second-order valence-electron chi connectivity index (χ2n) is 8.29. The third kappa shape index (κ3) is 7.14. The fourth-order valence-electron chi connectivity index (χ4n) is 3.87. The number of nitrogens with zero attached hydrogens (tertiary/aromatic N) is 2. The molecule has 0 spiro atoms. The highest BCUT2D eigenvalue weighted by Crippen LogP contribution is 2.36. The molecule has 2 aromatic carbocycles. The SMILES string of the molecule is CCc1cc(Sc2ccnc(-c3ncc[nH]3)c2)ccc1CCCC(=O)Nc1ccc(Cl)c(C(F)(F)F)c1. The number of nitrogens with one attached hydrogen (secondary N) is 2. The molecular weight excluding hydrogens is 521 g/mol. The molecule has 0 bridgehead atoms. The van der Waals surface area contributed by atoms with Crippen molar-refractivity contribution in [3.05, 3.63) is 88.8 Å². The summed E-state index contributed by atoms with van der Waals surface area (Å²) in [5, 5.41) is 2.13. The molecular formula is C27H24ClF3N4OS. The molecule has 4 aromatic rings. The van der Waals surface area contributed by atoms with Crippen molar-refractivity contribution >= 4 is 35.0 Å². The molecule has 10 heteroatoms. The maximum absolute atomic E-state index is 13.0. The molecule has 0 aliphatic rings. The Morgan fingerprint density at radius 3 is 2.57 bits per heavy atom. The Morgan fingerprint density at radius 2 is 1.84 bits per heavy atom. The lowest BCUT2D eigenvalue weighted by molar-refractivity contribution is -0.137. The number of alkyl halides is 3. The lowest BCUT2D eigenvalue weighted by Crippen LogP contribution is -2.13. The van der Waals surface area contributed by atoms with Crippen molar-refractivity contribution in [1.29, 1.82) is 0 Å². The first kappa shape index (κ1) is 26.8. The number of rotatable bonds is 9. The summed E-state index contributed by atoms with van der Waals surface area (Å²) in [4.78, 5) is 26.2. The van der Waals surface area contributed by atoms with Gasteiger partial charge in [-0.05, 0) is 72.9 Å². The van der Waals surface area contributed by atoms with Crippen molar-refractivity contribution in [3.63, 3.8) is 0 Å². The molecule has 0 atom stereocenters. The monoisotopic (exact) mass is 544 g/mol. The van der Waals surface area contributed by atoms with Crippen molar-refractivity contribution in [2.45, 2.75) is 48.6 Å². The second-order valence-corrected chi connectivity index (χ2v) is 9.85. The number of pyridine rings is 1. The summed E-state index contributed by atoms with van der Waals surface area (Å²) in [6, 6.07) is 13.6. The molecule has 0 saturated heterocycles. The molecule has 4 rings (SSSR count). The lowest BCUT2D eigenvalue weighted by Gasteiger charge is -2.12. The van der Waals surface area contributed by atoms with E-state index in [1.165, 1.54) is 11.6 Å². The molecule has 1 amide bonds. The van der Waals surface area contributed by atoms with Crippen LogP contribution in [0.2, 0.25) is 5.02 Å². The molecule has 0 aliphatic carbocycles. The minimum absolute atomic E-state index is 0.0728. The van der Waals surface area contributed by atoms with Crippen LogP contribution in [0, 0.1) is 0 Å². The molecule has 192 valence electrons. The lowest BCUT2D eigenvalue weighted by atomic mass is 10.00. The van der Waals surface area contributed by atoms with E-state index < -0.39 is 16.8 Å². The summed E-state index contributed by atoms with van der Waals surface area (Å²) in [7, 11) is 0. The molecule has 2 N–H and O–H groups in total. The van der Waals surface area contributed by atoms with Gasteiger partial charge in [0.25, 0.3) is 0 Å². The number of anilines is 1. The minimum Gasteiger partial charge on any atom is -0.343 e. The first-order valence-corrected chi connectivity index (χ1v) is 12.8. The van der Waals surface area contributed by atoms with E-state index in [1.54, 1.807) is 30.4 Å². The molecule has 0 aliphatic heterocycles. The Bertz CT molecular complexity index is 1380. The van der Waals surface area contributed by atoms with Crippen molar-refractivity contribution in [1.82, 2.24) is 15.0 Å². The van der Waals surface area contributed by atoms with E-state index in [1.807, 2.05) is 12.1 Å². The van der Waals surface area contributed by atoms with Gasteiger partial charge in [0, 0.05) is 40.5 Å². The first-order chi connectivity index (χ1) is 17.7. The number of aromatic nitrogens is 3. The molecule has 2 heterocycles. The number of carbonyl (C=O) groups excluding carboxylic acids is 1. The van der Waals surface area contributed by atoms with E-state index in [2.05, 4.69) is 45.4 Å². The van der Waals surface area contributed by atoms with Gasteiger partial charge in [0.2, 0.25) is 5.91 Å². The van der Waals surface area contributed by atoms with E-state index in [-0.39, 0.29) is 18.0 Å². The molecule has 0 saturated carbocycles. The van der Waals surface area contributed by atoms with Gasteiger partial charge >= 0.3 is 6.18 Å². The number of H-pyrrole nitrogens is 1. The van der Waals surface area contributed by atoms with Crippen molar-refractivity contribution in [3.8, 4) is 11.5 Å². The number of hydrogen-bond donors (Lipinski definition) is 2. The second kappa shape index (κ2) is 11.8. The molecule has 2 aromatic heterocycles. The number of aromatic amines is 1. The van der Waals surface area contributed by atoms with Crippen LogP contribution < -0.4 is 5.32 Å². The van der Waals surface area contributed by atoms with Crippen LogP contribution in [-0.4, -0.2) is 20.9 Å². The number of halogens is 4. The average molecular weight is 545 g/mol. The van der Waals surface area contributed by atoms with Gasteiger partial charge in [0.1, 0.15) is 5.69 Å². The van der Waals surface area contributed by atoms with E-state index in [0.717, 1.165) is 39.6 Å². The van der Waals surface area contributed by atoms with Crippen LogP contribution in [0.15, 0.2) is 76.9 Å². The van der Waals surface area contributed by atoms with Gasteiger partial charge < -0.3 is 10.3 Å². The maximum atomic E-state index is 13.0. The van der Waals surface area contributed by atoms with Crippen molar-refractivity contribution < 1.29 is 18.0 Å². The van der Waals surface area contributed by atoms with E-state index in [4.69, 9.17) is 11.6 Å². The molecule has 37 heavy (non-hydrogen) atoms. The zero-order chi connectivity index (χ0) is 26.4. The standard InChI is InChI=1S/C27H24ClF3N4OS/c1-2-17-14-20(37-21-10-11-32-24(16-21)26-33-12-13-34-26)8-6-18(17)4-3-5-25(36)35-19-7-9-23(28)22(15-19)27(29,30)31/h6-16H,2-5H2,1H3,(H,33,34)(H,35,36). The van der Waals surface area contributed by atoms with Gasteiger partial charge in [0.05, 0.1) is 10.6 Å². The zero-order valence-electron chi connectivity index (χ0n) is 19.9. The average Bonchev–Trinajstić information content (AvgIpc) is 3.41. The van der Waals surface area contributed by atoms with Gasteiger partial charge in [-0.15, -0.1) is 0 Å². The van der Waals surface area contributed by atoms with Crippen LogP contribution in [0.4, 0.5) is 18.9 Å². The first-order valence-electron chi connectivity index (χ1n) is 11.6. The summed E-state index contributed by atoms with van der Waals surface area (Å²) < 4.78 is 39.1. The molecule has 0 radical (unpaired) electrons. The normalized spacial score (nSPS) is 11.5. The summed E-state index contributed by atoms with van der Waals surface area (Å²) in [6.45, 7) is 2.08. The fourth-order valence-corrected chi connectivity index (χ4v) is 5.00. The third-order valence-electron chi connectivity index (χ3n) is 5.67. The molecule has 5 nitrogen and oxygen atoms in total. The van der Waals surface area contributed by atoms with Crippen molar-refractivity contribution in [2.75, 3.05) is 5.32 Å². The molecule has 0 fully saturated rings. The van der Waals surface area contributed by atoms with Crippen LogP contribution >= 0.6 is 23.4 Å². The van der Waals surface area contributed by atoms with Gasteiger partial charge in [-0.1, -0.05) is 36.4 Å². The number of amides is 1. The van der Waals surface area contributed by atoms with Crippen LogP contribution in [0.1, 0.15) is 36.5 Å². The number of imidazole rings is 1. The fraction of sp³-hybridized carbons (Fsp3) is 0.222. The number of benzene rings is 2. The van der Waals surface area contributed by atoms with Crippen LogP contribution in [0.5, 0.6) is 0 Å². The quantitative estimate of drug-likeness (QED) is 0.225. The number of carbonyl (C=O) groups is 1. The number of aryl methyl sites for hydroxylation is 2. The Hall–Kier alpha value is -3.30. The summed E-state index contributed by atoms with van der Waals surface area (Å²) in [5.41, 5.74) is 2.22. The van der Waals surface area contributed by atoms with Gasteiger partial charge in [-0.25, -0.2) is 4.98 Å². The summed E-state index contributed by atoms with van der Waals surface area (Å²) >= 11 is 7.28. The topological polar surface area (TPSA) is 70.7 Å². The zero-order valence-corrected chi connectivity index (χ0v) is 21.5.